The van der Waals surface area contributed by atoms with E-state index in [0.29, 0.717) is 23.5 Å². The highest BCUT2D eigenvalue weighted by Gasteiger charge is 2.23. The maximum absolute atomic E-state index is 14.3. The van der Waals surface area contributed by atoms with E-state index in [9.17, 15) is 14.6 Å². The van der Waals surface area contributed by atoms with Crippen molar-refractivity contribution in [1.82, 2.24) is 0 Å². The zero-order valence-electron chi connectivity index (χ0n) is 15.2. The Labute approximate surface area is 154 Å². The van der Waals surface area contributed by atoms with E-state index in [1.165, 1.54) is 11.6 Å². The lowest BCUT2D eigenvalue weighted by Gasteiger charge is -2.24. The summed E-state index contributed by atoms with van der Waals surface area (Å²) in [5, 5.41) is 18.4. The van der Waals surface area contributed by atoms with Crippen LogP contribution in [0.5, 0.6) is 11.5 Å². The van der Waals surface area contributed by atoms with E-state index in [1.807, 2.05) is 24.3 Å². The smallest absolute Gasteiger partial charge is 0.130 e. The van der Waals surface area contributed by atoms with Gasteiger partial charge in [-0.25, -0.2) is 4.39 Å². The van der Waals surface area contributed by atoms with Gasteiger partial charge >= 0.3 is 0 Å². The van der Waals surface area contributed by atoms with Crippen molar-refractivity contribution in [2.75, 3.05) is 13.2 Å². The Bertz CT molecular complexity index is 684. The van der Waals surface area contributed by atoms with Crippen molar-refractivity contribution in [3.63, 3.8) is 0 Å². The molecule has 4 N–H and O–H groups in total. The predicted octanol–water partition coefficient (Wildman–Crippen LogP) is 3.58. The van der Waals surface area contributed by atoms with Gasteiger partial charge in [-0.3, -0.25) is 0 Å². The Morgan fingerprint density at radius 2 is 1.65 bits per heavy atom. The van der Waals surface area contributed by atoms with Crippen LogP contribution in [-0.4, -0.2) is 29.0 Å². The number of aliphatic hydroxyl groups excluding tert-OH is 2. The first-order chi connectivity index (χ1) is 12.5. The zero-order chi connectivity index (χ0) is 19.0. The number of benzene rings is 2. The molecule has 0 saturated heterocycles. The molecule has 0 aliphatic heterocycles. The van der Waals surface area contributed by atoms with E-state index < -0.39 is 5.54 Å². The first-order valence-electron chi connectivity index (χ1n) is 9.05. The van der Waals surface area contributed by atoms with Crippen LogP contribution in [0.1, 0.15) is 37.3 Å². The summed E-state index contributed by atoms with van der Waals surface area (Å²) in [6, 6.07) is 12.5. The van der Waals surface area contributed by atoms with E-state index in [2.05, 4.69) is 6.92 Å². The normalized spacial score (nSPS) is 11.6. The molecule has 0 aliphatic carbocycles. The number of rotatable bonds is 10. The molecule has 26 heavy (non-hydrogen) atoms. The molecule has 5 heteroatoms. The summed E-state index contributed by atoms with van der Waals surface area (Å²) in [6.45, 7) is 1.47. The molecule has 2 aromatic rings. The number of unbranched alkanes of at least 4 members (excludes halogenated alkanes) is 1. The van der Waals surface area contributed by atoms with Gasteiger partial charge in [-0.15, -0.1) is 0 Å². The molecule has 2 rings (SSSR count). The van der Waals surface area contributed by atoms with Crippen LogP contribution in [0, 0.1) is 5.82 Å². The van der Waals surface area contributed by atoms with E-state index in [-0.39, 0.29) is 25.5 Å². The van der Waals surface area contributed by atoms with Gasteiger partial charge in [-0.2, -0.15) is 0 Å². The summed E-state index contributed by atoms with van der Waals surface area (Å²) >= 11 is 0. The van der Waals surface area contributed by atoms with Gasteiger partial charge in [0, 0.05) is 6.07 Å². The van der Waals surface area contributed by atoms with E-state index in [1.54, 1.807) is 12.1 Å². The Kier molecular flexibility index (Phi) is 7.57. The Hall–Kier alpha value is -1.95. The summed E-state index contributed by atoms with van der Waals surface area (Å²) in [5.74, 6) is 0.704. The van der Waals surface area contributed by atoms with Crippen molar-refractivity contribution in [1.29, 1.82) is 0 Å². The molecule has 0 atom stereocenters. The maximum atomic E-state index is 14.3. The van der Waals surface area contributed by atoms with E-state index in [0.717, 1.165) is 19.3 Å². The van der Waals surface area contributed by atoms with Gasteiger partial charge < -0.3 is 20.7 Å². The third-order valence-corrected chi connectivity index (χ3v) is 4.52. The fraction of sp³-hybridized carbons (Fsp3) is 0.429. The largest absolute Gasteiger partial charge is 0.457 e. The molecule has 0 bridgehead atoms. The summed E-state index contributed by atoms with van der Waals surface area (Å²) in [5.41, 5.74) is 6.46. The highest BCUT2D eigenvalue weighted by Crippen LogP contribution is 2.25. The van der Waals surface area contributed by atoms with Gasteiger partial charge in [0.05, 0.1) is 18.8 Å². The standard InChI is InChI=1S/C21H28FNO3/c1-2-3-4-16-5-8-18(9-6-16)26-19-10-7-17(20(22)13-19)11-12-21(23,14-24)15-25/h5-10,13,24-25H,2-4,11-12,14-15,23H2,1H3. The molecule has 0 heterocycles. The van der Waals surface area contributed by atoms with Crippen LogP contribution in [-0.2, 0) is 12.8 Å². The van der Waals surface area contributed by atoms with Gasteiger partial charge in [0.15, 0.2) is 0 Å². The van der Waals surface area contributed by atoms with Gasteiger partial charge in [0.2, 0.25) is 0 Å². The molecule has 4 nitrogen and oxygen atoms in total. The van der Waals surface area contributed by atoms with E-state index in [4.69, 9.17) is 10.5 Å². The Morgan fingerprint density at radius 3 is 2.23 bits per heavy atom. The lowest BCUT2D eigenvalue weighted by Crippen LogP contribution is -2.47. The minimum absolute atomic E-state index is 0.288. The molecular weight excluding hydrogens is 333 g/mol. The SMILES string of the molecule is CCCCc1ccc(Oc2ccc(CCC(N)(CO)CO)c(F)c2)cc1. The van der Waals surface area contributed by atoms with Crippen LogP contribution < -0.4 is 10.5 Å². The predicted molar refractivity (Wildman–Crippen MR) is 101 cm³/mol. The number of nitrogens with two attached hydrogens (primary N) is 1. The summed E-state index contributed by atoms with van der Waals surface area (Å²) in [7, 11) is 0. The molecule has 0 radical (unpaired) electrons. The molecule has 142 valence electrons. The summed E-state index contributed by atoms with van der Waals surface area (Å²) < 4.78 is 20.0. The molecule has 0 spiro atoms. The first kappa shape index (κ1) is 20.4. The second kappa shape index (κ2) is 9.67. The van der Waals surface area contributed by atoms with Gasteiger partial charge in [0.25, 0.3) is 0 Å². The van der Waals surface area contributed by atoms with Crippen molar-refractivity contribution in [3.05, 3.63) is 59.4 Å². The van der Waals surface area contributed by atoms with Crippen molar-refractivity contribution in [2.45, 2.75) is 44.6 Å². The molecular formula is C21H28FNO3. The maximum Gasteiger partial charge on any atom is 0.130 e. The second-order valence-corrected chi connectivity index (χ2v) is 6.78. The summed E-state index contributed by atoms with van der Waals surface area (Å²) in [6.07, 6.45) is 3.98. The molecule has 0 aliphatic rings. The average molecular weight is 361 g/mol. The highest BCUT2D eigenvalue weighted by molar-refractivity contribution is 5.35. The number of aliphatic hydroxyl groups is 2. The van der Waals surface area contributed by atoms with Gasteiger partial charge in [-0.1, -0.05) is 31.5 Å². The third kappa shape index (κ3) is 5.80. The van der Waals surface area contributed by atoms with Crippen LogP contribution in [0.3, 0.4) is 0 Å². The number of hydrogen-bond acceptors (Lipinski definition) is 4. The monoisotopic (exact) mass is 361 g/mol. The van der Waals surface area contributed by atoms with Crippen molar-refractivity contribution in [3.8, 4) is 11.5 Å². The average Bonchev–Trinajstić information content (AvgIpc) is 2.66. The summed E-state index contributed by atoms with van der Waals surface area (Å²) in [4.78, 5) is 0. The fourth-order valence-electron chi connectivity index (χ4n) is 2.63. The zero-order valence-corrected chi connectivity index (χ0v) is 15.2. The molecule has 0 unspecified atom stereocenters. The highest BCUT2D eigenvalue weighted by atomic mass is 19.1. The van der Waals surface area contributed by atoms with Crippen molar-refractivity contribution >= 4 is 0 Å². The second-order valence-electron chi connectivity index (χ2n) is 6.78. The van der Waals surface area contributed by atoms with Gasteiger partial charge in [0.1, 0.15) is 17.3 Å². The third-order valence-electron chi connectivity index (χ3n) is 4.52. The van der Waals surface area contributed by atoms with Crippen LogP contribution in [0.4, 0.5) is 4.39 Å². The van der Waals surface area contributed by atoms with Crippen LogP contribution in [0.25, 0.3) is 0 Å². The molecule has 0 saturated carbocycles. The minimum Gasteiger partial charge on any atom is -0.457 e. The van der Waals surface area contributed by atoms with Gasteiger partial charge in [-0.05, 0) is 55.0 Å². The van der Waals surface area contributed by atoms with E-state index >= 15 is 0 Å². The van der Waals surface area contributed by atoms with Crippen LogP contribution in [0.2, 0.25) is 0 Å². The quantitative estimate of drug-likeness (QED) is 0.605. The fourth-order valence-corrected chi connectivity index (χ4v) is 2.63. The first-order valence-corrected chi connectivity index (χ1v) is 9.05. The van der Waals surface area contributed by atoms with Crippen LogP contribution in [0.15, 0.2) is 42.5 Å². The minimum atomic E-state index is -1.10. The number of aryl methyl sites for hydroxylation is 2. The molecule has 0 amide bonds. The van der Waals surface area contributed by atoms with Crippen molar-refractivity contribution < 1.29 is 19.3 Å². The lowest BCUT2D eigenvalue weighted by molar-refractivity contribution is 0.114. The Morgan fingerprint density at radius 1 is 1.00 bits per heavy atom. The van der Waals surface area contributed by atoms with Crippen LogP contribution >= 0.6 is 0 Å². The number of hydrogen-bond donors (Lipinski definition) is 3. The Balaban J connectivity index is 1.98. The van der Waals surface area contributed by atoms with Crippen molar-refractivity contribution in [2.24, 2.45) is 5.73 Å². The number of halogens is 1. The topological polar surface area (TPSA) is 75.7 Å². The lowest BCUT2D eigenvalue weighted by atomic mass is 9.94. The molecule has 2 aromatic carbocycles. The molecule has 0 fully saturated rings. The molecule has 0 aromatic heterocycles. The number of ether oxygens (including phenoxy) is 1.